The van der Waals surface area contributed by atoms with Crippen molar-refractivity contribution in [3.8, 4) is 11.1 Å². The molecule has 218 valence electrons. The second-order valence-electron chi connectivity index (χ2n) is 10.3. The molecule has 2 aromatic carbocycles. The van der Waals surface area contributed by atoms with Gasteiger partial charge in [0.25, 0.3) is 0 Å². The zero-order chi connectivity index (χ0) is 30.5. The molecule has 0 spiro atoms. The zero-order valence-electron chi connectivity index (χ0n) is 23.1. The molecule has 1 aromatic heterocycles. The van der Waals surface area contributed by atoms with Crippen LogP contribution in [0.2, 0.25) is 5.02 Å². The number of nitrogens with one attached hydrogen (secondary N) is 3. The number of piperazine rings is 1. The van der Waals surface area contributed by atoms with E-state index in [1.807, 2.05) is 0 Å². The maximum Gasteiger partial charge on any atom is 0.249 e. The second kappa shape index (κ2) is 11.1. The van der Waals surface area contributed by atoms with Gasteiger partial charge < -0.3 is 25.5 Å². The van der Waals surface area contributed by atoms with Crippen molar-refractivity contribution in [3.05, 3.63) is 82.7 Å². The molecule has 2 aliphatic heterocycles. The van der Waals surface area contributed by atoms with E-state index < -0.39 is 35.7 Å². The van der Waals surface area contributed by atoms with Crippen LogP contribution in [0.15, 0.2) is 49.2 Å². The number of benzene rings is 2. The van der Waals surface area contributed by atoms with Crippen molar-refractivity contribution in [1.82, 2.24) is 14.8 Å². The van der Waals surface area contributed by atoms with Crippen LogP contribution >= 0.6 is 11.6 Å². The van der Waals surface area contributed by atoms with Gasteiger partial charge in [0.05, 0.1) is 46.0 Å². The van der Waals surface area contributed by atoms with Crippen LogP contribution in [0.1, 0.15) is 36.8 Å². The minimum Gasteiger partial charge on any atom is -0.387 e. The zero-order valence-corrected chi connectivity index (χ0v) is 23.9. The number of carbonyl (C=O) groups excluding carboxylic acids is 2. The molecule has 0 bridgehead atoms. The van der Waals surface area contributed by atoms with Gasteiger partial charge in [-0.3, -0.25) is 20.0 Å². The van der Waals surface area contributed by atoms with Crippen LogP contribution in [-0.2, 0) is 9.59 Å². The lowest BCUT2D eigenvalue weighted by atomic mass is 9.96. The van der Waals surface area contributed by atoms with E-state index in [2.05, 4.69) is 22.2 Å². The van der Waals surface area contributed by atoms with Gasteiger partial charge >= 0.3 is 0 Å². The van der Waals surface area contributed by atoms with E-state index in [1.165, 1.54) is 41.1 Å². The Hall–Kier alpha value is -4.35. The van der Waals surface area contributed by atoms with Crippen molar-refractivity contribution < 1.29 is 23.5 Å². The third-order valence-corrected chi connectivity index (χ3v) is 8.00. The number of amidine groups is 1. The molecular weight excluding hydrogens is 566 g/mol. The van der Waals surface area contributed by atoms with Crippen molar-refractivity contribution in [2.24, 2.45) is 0 Å². The van der Waals surface area contributed by atoms with Crippen LogP contribution in [0.4, 0.5) is 25.8 Å². The first-order valence-electron chi connectivity index (χ1n) is 13.3. The normalized spacial score (nSPS) is 18.9. The Morgan fingerprint density at radius 1 is 1.26 bits per heavy atom. The number of aromatic nitrogens is 1. The summed E-state index contributed by atoms with van der Waals surface area (Å²) in [5.41, 5.74) is 0.242. The minimum absolute atomic E-state index is 0.0505. The Kier molecular flexibility index (Phi) is 7.74. The highest BCUT2D eigenvalue weighted by atomic mass is 35.5. The first kappa shape index (κ1) is 29.2. The average Bonchev–Trinajstić information content (AvgIpc) is 3.06. The first-order valence-corrected chi connectivity index (χ1v) is 13.6. The molecule has 42 heavy (non-hydrogen) atoms. The quantitative estimate of drug-likeness (QED) is 0.303. The number of rotatable bonds is 5. The Balaban J connectivity index is 1.78. The predicted molar refractivity (Wildman–Crippen MR) is 157 cm³/mol. The van der Waals surface area contributed by atoms with E-state index in [4.69, 9.17) is 11.6 Å². The molecule has 9 nitrogen and oxygen atoms in total. The van der Waals surface area contributed by atoms with Crippen LogP contribution in [0.25, 0.3) is 11.1 Å². The highest BCUT2D eigenvalue weighted by Crippen LogP contribution is 2.47. The molecule has 4 N–H and O–H groups in total. The number of hydrogen-bond donors (Lipinski definition) is 4. The molecule has 0 aliphatic carbocycles. The van der Waals surface area contributed by atoms with Gasteiger partial charge in [-0.15, -0.1) is 0 Å². The van der Waals surface area contributed by atoms with Crippen LogP contribution < -0.4 is 10.6 Å². The highest BCUT2D eigenvalue weighted by Gasteiger charge is 2.44. The Morgan fingerprint density at radius 3 is 2.64 bits per heavy atom. The van der Waals surface area contributed by atoms with Gasteiger partial charge in [0.2, 0.25) is 11.8 Å². The number of halogens is 3. The highest BCUT2D eigenvalue weighted by molar-refractivity contribution is 6.38. The summed E-state index contributed by atoms with van der Waals surface area (Å²) in [6.45, 7) is 8.60. The molecule has 2 aliphatic rings. The summed E-state index contributed by atoms with van der Waals surface area (Å²) in [5, 5.41) is 25.1. The maximum absolute atomic E-state index is 16.8. The molecule has 5 rings (SSSR count). The number of aryl methyl sites for hydroxylation is 1. The number of anilines is 3. The van der Waals surface area contributed by atoms with Gasteiger partial charge in [-0.2, -0.15) is 0 Å². The molecule has 0 radical (unpaired) electrons. The summed E-state index contributed by atoms with van der Waals surface area (Å²) in [6.07, 6.45) is 1.63. The van der Waals surface area contributed by atoms with Gasteiger partial charge in [-0.05, 0) is 44.5 Å². The number of hydrogen-bond acceptors (Lipinski definition) is 6. The predicted octanol–water partition coefficient (Wildman–Crippen LogP) is 5.15. The van der Waals surface area contributed by atoms with Gasteiger partial charge in [-0.1, -0.05) is 36.4 Å². The molecule has 3 atom stereocenters. The van der Waals surface area contributed by atoms with E-state index in [0.29, 0.717) is 5.56 Å². The number of nitrogens with zero attached hydrogens (tertiary/aromatic N) is 3. The summed E-state index contributed by atoms with van der Waals surface area (Å²) >= 11 is 6.76. The summed E-state index contributed by atoms with van der Waals surface area (Å²) in [5.74, 6) is -2.88. The van der Waals surface area contributed by atoms with E-state index >= 15 is 8.78 Å². The topological polar surface area (TPSA) is 122 Å². The molecule has 1 fully saturated rings. The molecule has 3 unspecified atom stereocenters. The minimum atomic E-state index is -1.03. The molecule has 12 heteroatoms. The first-order chi connectivity index (χ1) is 20.0. The van der Waals surface area contributed by atoms with Gasteiger partial charge in [0.1, 0.15) is 17.7 Å². The second-order valence-corrected chi connectivity index (χ2v) is 10.7. The van der Waals surface area contributed by atoms with Crippen molar-refractivity contribution in [1.29, 1.82) is 5.41 Å². The molecule has 3 aromatic rings. The van der Waals surface area contributed by atoms with Gasteiger partial charge in [0.15, 0.2) is 5.82 Å². The van der Waals surface area contributed by atoms with Crippen molar-refractivity contribution in [3.63, 3.8) is 0 Å². The monoisotopic (exact) mass is 594 g/mol. The van der Waals surface area contributed by atoms with E-state index in [0.717, 1.165) is 12.1 Å². The maximum atomic E-state index is 16.8. The number of aliphatic hydroxyl groups excluding tert-OH is 1. The molecule has 2 amide bonds. The van der Waals surface area contributed by atoms with Crippen molar-refractivity contribution in [2.45, 2.75) is 39.0 Å². The van der Waals surface area contributed by atoms with E-state index in [9.17, 15) is 20.1 Å². The Morgan fingerprint density at radius 2 is 1.98 bits per heavy atom. The molecule has 1 saturated heterocycles. The third-order valence-electron chi connectivity index (χ3n) is 7.63. The fourth-order valence-electron chi connectivity index (χ4n) is 5.47. The molecule has 3 heterocycles. The molecule has 0 saturated carbocycles. The summed E-state index contributed by atoms with van der Waals surface area (Å²) in [7, 11) is 0. The fourth-order valence-corrected chi connectivity index (χ4v) is 5.79. The SMILES string of the molecule is C=CC(=O)N1CC2C(=O)Nc3c(Cl)c(-c4ccccc4F)c(F)c(Nc4c(C)ccnc4C(C)O)c3C(=N)N2CC1C. The Bertz CT molecular complexity index is 1650. The summed E-state index contributed by atoms with van der Waals surface area (Å²) in [6, 6.07) is 5.76. The van der Waals surface area contributed by atoms with Crippen LogP contribution in [0, 0.1) is 24.0 Å². The molecular formula is C30H29ClF2N6O3. The summed E-state index contributed by atoms with van der Waals surface area (Å²) in [4.78, 5) is 33.4. The smallest absolute Gasteiger partial charge is 0.249 e. The van der Waals surface area contributed by atoms with Crippen molar-refractivity contribution in [2.75, 3.05) is 23.7 Å². The lowest BCUT2D eigenvalue weighted by Crippen LogP contribution is -2.62. The van der Waals surface area contributed by atoms with Gasteiger partial charge in [0, 0.05) is 29.9 Å². The standard InChI is InChI=1S/C30H29ClF2N6O3/c1-5-20(41)38-13-19-30(42)37-27-22(29(34)39(19)12-15(38)3)28(36-25-14(2)10-11-35-26(25)16(4)40)24(33)21(23(27)31)17-8-6-7-9-18(17)32/h5-11,15-16,19,34,36,40H,1,12-13H2,2-4H3,(H,37,42). The number of aliphatic hydroxyl groups is 1. The van der Waals surface area contributed by atoms with E-state index in [1.54, 1.807) is 19.9 Å². The number of pyridine rings is 1. The number of carbonyl (C=O) groups is 2. The van der Waals surface area contributed by atoms with Crippen LogP contribution in [0.3, 0.4) is 0 Å². The Labute approximate surface area is 246 Å². The van der Waals surface area contributed by atoms with Crippen LogP contribution in [0.5, 0.6) is 0 Å². The van der Waals surface area contributed by atoms with Crippen molar-refractivity contribution >= 4 is 46.3 Å². The summed E-state index contributed by atoms with van der Waals surface area (Å²) < 4.78 is 31.8. The number of amides is 2. The lowest BCUT2D eigenvalue weighted by molar-refractivity contribution is -0.133. The third kappa shape index (κ3) is 4.78. The average molecular weight is 595 g/mol. The lowest BCUT2D eigenvalue weighted by Gasteiger charge is -2.44. The van der Waals surface area contributed by atoms with E-state index in [-0.39, 0.29) is 69.3 Å². The number of fused-ring (bicyclic) bond motifs is 2. The largest absolute Gasteiger partial charge is 0.387 e. The van der Waals surface area contributed by atoms with Crippen LogP contribution in [-0.4, -0.2) is 62.7 Å². The fraction of sp³-hybridized carbons (Fsp3) is 0.267. The van der Waals surface area contributed by atoms with Gasteiger partial charge in [-0.25, -0.2) is 8.78 Å².